The van der Waals surface area contributed by atoms with Gasteiger partial charge in [0.05, 0.1) is 39.2 Å². The molecular formula is C27H27ClFN5O2. The smallest absolute Gasteiger partial charge is 0.333 e. The topological polar surface area (TPSA) is 81.8 Å². The summed E-state index contributed by atoms with van der Waals surface area (Å²) in [6.07, 6.45) is 6.52. The SMILES string of the molecule is Cc1ccc(-n2c(=O)n(CC3CCC(NC(=O)c4cc(Cl)cnc4C)CC3)c3ccc(F)cc32)cn1. The number of rotatable bonds is 5. The normalized spacial score (nSPS) is 17.9. The highest BCUT2D eigenvalue weighted by atomic mass is 35.5. The first-order valence-electron chi connectivity index (χ1n) is 12.1. The first-order chi connectivity index (χ1) is 17.3. The average molecular weight is 508 g/mol. The molecule has 3 heterocycles. The zero-order valence-corrected chi connectivity index (χ0v) is 20.9. The summed E-state index contributed by atoms with van der Waals surface area (Å²) in [7, 11) is 0. The average Bonchev–Trinajstić information content (AvgIpc) is 3.12. The molecule has 0 unspecified atom stereocenters. The van der Waals surface area contributed by atoms with Crippen LogP contribution >= 0.6 is 11.6 Å². The van der Waals surface area contributed by atoms with E-state index in [4.69, 9.17) is 11.6 Å². The zero-order valence-electron chi connectivity index (χ0n) is 20.2. The standard InChI is InChI=1S/C27H27ClFN5O2/c1-16-3-9-22(14-30-16)34-25-12-20(29)6-10-24(25)33(27(34)36)15-18-4-7-21(8-5-18)32-26(35)23-11-19(28)13-31-17(23)2/h3,6,9-14,18,21H,4-5,7-8,15H2,1-2H3,(H,32,35). The fraction of sp³-hybridized carbons (Fsp3) is 0.333. The van der Waals surface area contributed by atoms with E-state index in [9.17, 15) is 14.0 Å². The van der Waals surface area contributed by atoms with Gasteiger partial charge < -0.3 is 5.32 Å². The third-order valence-corrected chi connectivity index (χ3v) is 7.17. The van der Waals surface area contributed by atoms with Crippen LogP contribution in [0, 0.1) is 25.6 Å². The molecule has 1 amide bonds. The van der Waals surface area contributed by atoms with E-state index >= 15 is 0 Å². The van der Waals surface area contributed by atoms with Crippen molar-refractivity contribution in [1.29, 1.82) is 0 Å². The molecule has 0 radical (unpaired) electrons. The second kappa shape index (κ2) is 9.85. The number of nitrogens with zero attached hydrogens (tertiary/aromatic N) is 4. The highest BCUT2D eigenvalue weighted by molar-refractivity contribution is 6.30. The second-order valence-corrected chi connectivity index (χ2v) is 9.93. The van der Waals surface area contributed by atoms with Crippen LogP contribution in [0.2, 0.25) is 5.02 Å². The maximum atomic E-state index is 14.1. The molecule has 1 saturated carbocycles. The van der Waals surface area contributed by atoms with Gasteiger partial charge in [0, 0.05) is 30.5 Å². The Balaban J connectivity index is 1.32. The van der Waals surface area contributed by atoms with Gasteiger partial charge in [0.25, 0.3) is 5.91 Å². The lowest BCUT2D eigenvalue weighted by molar-refractivity contribution is 0.0919. The number of pyridine rings is 2. The monoisotopic (exact) mass is 507 g/mol. The number of hydrogen-bond acceptors (Lipinski definition) is 4. The van der Waals surface area contributed by atoms with E-state index in [0.717, 1.165) is 31.4 Å². The van der Waals surface area contributed by atoms with Gasteiger partial charge in [-0.05, 0) is 75.8 Å². The van der Waals surface area contributed by atoms with Crippen molar-refractivity contribution in [3.05, 3.63) is 87.1 Å². The maximum Gasteiger partial charge on any atom is 0.333 e. The van der Waals surface area contributed by atoms with Crippen LogP contribution in [0.3, 0.4) is 0 Å². The van der Waals surface area contributed by atoms with Gasteiger partial charge in [-0.25, -0.2) is 9.18 Å². The molecule has 0 bridgehead atoms. The van der Waals surface area contributed by atoms with Gasteiger partial charge in [-0.1, -0.05) is 11.6 Å². The molecule has 0 saturated heterocycles. The Morgan fingerprint density at radius 2 is 1.83 bits per heavy atom. The predicted molar refractivity (Wildman–Crippen MR) is 137 cm³/mol. The predicted octanol–water partition coefficient (Wildman–Crippen LogP) is 4.98. The van der Waals surface area contributed by atoms with Gasteiger partial charge >= 0.3 is 5.69 Å². The summed E-state index contributed by atoms with van der Waals surface area (Å²) < 4.78 is 17.4. The molecule has 0 aliphatic heterocycles. The Morgan fingerprint density at radius 1 is 1.06 bits per heavy atom. The Morgan fingerprint density at radius 3 is 2.56 bits per heavy atom. The Hall–Kier alpha value is -3.52. The molecule has 1 aliphatic carbocycles. The van der Waals surface area contributed by atoms with Gasteiger partial charge in [0.15, 0.2) is 0 Å². The summed E-state index contributed by atoms with van der Waals surface area (Å²) >= 11 is 6.01. The number of nitrogens with one attached hydrogen (secondary N) is 1. The molecule has 4 aromatic rings. The number of imidazole rings is 1. The number of aryl methyl sites for hydroxylation is 2. The molecule has 9 heteroatoms. The van der Waals surface area contributed by atoms with Crippen LogP contribution in [0.4, 0.5) is 4.39 Å². The van der Waals surface area contributed by atoms with Crippen LogP contribution < -0.4 is 11.0 Å². The Kier molecular flexibility index (Phi) is 6.62. The summed E-state index contributed by atoms with van der Waals surface area (Å²) in [6, 6.07) is 9.79. The fourth-order valence-corrected chi connectivity index (χ4v) is 5.16. The molecule has 7 nitrogen and oxygen atoms in total. The van der Waals surface area contributed by atoms with Crippen molar-refractivity contribution >= 4 is 28.5 Å². The molecule has 1 N–H and O–H groups in total. The molecule has 1 fully saturated rings. The lowest BCUT2D eigenvalue weighted by Crippen LogP contribution is -2.39. The molecular weight excluding hydrogens is 481 g/mol. The van der Waals surface area contributed by atoms with Crippen molar-refractivity contribution < 1.29 is 9.18 Å². The maximum absolute atomic E-state index is 14.1. The summed E-state index contributed by atoms with van der Waals surface area (Å²) in [6.45, 7) is 4.20. The van der Waals surface area contributed by atoms with Crippen LogP contribution in [0.15, 0.2) is 53.6 Å². The summed E-state index contributed by atoms with van der Waals surface area (Å²) in [4.78, 5) is 34.7. The zero-order chi connectivity index (χ0) is 25.4. The van der Waals surface area contributed by atoms with Crippen molar-refractivity contribution in [3.8, 4) is 5.69 Å². The lowest BCUT2D eigenvalue weighted by Gasteiger charge is -2.29. The molecule has 186 valence electrons. The number of halogens is 2. The summed E-state index contributed by atoms with van der Waals surface area (Å²) in [5.74, 6) is -0.292. The van der Waals surface area contributed by atoms with Crippen molar-refractivity contribution in [2.45, 2.75) is 52.1 Å². The molecule has 3 aromatic heterocycles. The molecule has 36 heavy (non-hydrogen) atoms. The molecule has 0 atom stereocenters. The lowest BCUT2D eigenvalue weighted by atomic mass is 9.85. The van der Waals surface area contributed by atoms with Crippen LogP contribution in [0.1, 0.15) is 47.4 Å². The first kappa shape index (κ1) is 24.2. The van der Waals surface area contributed by atoms with Crippen molar-refractivity contribution in [1.82, 2.24) is 24.4 Å². The molecule has 1 aliphatic rings. The fourth-order valence-electron chi connectivity index (χ4n) is 5.00. The highest BCUT2D eigenvalue weighted by Crippen LogP contribution is 2.28. The van der Waals surface area contributed by atoms with E-state index in [1.54, 1.807) is 29.8 Å². The van der Waals surface area contributed by atoms with Crippen LogP contribution in [0.5, 0.6) is 0 Å². The second-order valence-electron chi connectivity index (χ2n) is 9.50. The van der Waals surface area contributed by atoms with Crippen LogP contribution in [-0.2, 0) is 6.54 Å². The quantitative estimate of drug-likeness (QED) is 0.413. The number of hydrogen-bond donors (Lipinski definition) is 1. The number of benzene rings is 1. The number of amides is 1. The molecule has 1 aromatic carbocycles. The van der Waals surface area contributed by atoms with E-state index in [0.29, 0.717) is 39.5 Å². The van der Waals surface area contributed by atoms with E-state index in [1.807, 2.05) is 19.1 Å². The minimum absolute atomic E-state index is 0.0536. The molecule has 5 rings (SSSR count). The summed E-state index contributed by atoms with van der Waals surface area (Å²) in [5, 5.41) is 3.54. The van der Waals surface area contributed by atoms with Gasteiger partial charge in [-0.2, -0.15) is 0 Å². The van der Waals surface area contributed by atoms with Crippen LogP contribution in [-0.4, -0.2) is 31.1 Å². The first-order valence-corrected chi connectivity index (χ1v) is 12.4. The highest BCUT2D eigenvalue weighted by Gasteiger charge is 2.26. The van der Waals surface area contributed by atoms with Gasteiger partial charge in [-0.3, -0.25) is 23.9 Å². The molecule has 0 spiro atoms. The Bertz CT molecular complexity index is 1490. The van der Waals surface area contributed by atoms with Gasteiger partial charge in [0.2, 0.25) is 0 Å². The number of fused-ring (bicyclic) bond motifs is 1. The Labute approximate surface area is 213 Å². The third-order valence-electron chi connectivity index (χ3n) is 6.97. The third kappa shape index (κ3) is 4.78. The van der Waals surface area contributed by atoms with E-state index in [-0.39, 0.29) is 23.6 Å². The van der Waals surface area contributed by atoms with E-state index < -0.39 is 5.82 Å². The number of carbonyl (C=O) groups excluding carboxylic acids is 1. The minimum atomic E-state index is -0.394. The van der Waals surface area contributed by atoms with Crippen LogP contribution in [0.25, 0.3) is 16.7 Å². The van der Waals surface area contributed by atoms with Crippen molar-refractivity contribution in [2.24, 2.45) is 5.92 Å². The minimum Gasteiger partial charge on any atom is -0.349 e. The van der Waals surface area contributed by atoms with Gasteiger partial charge in [-0.15, -0.1) is 0 Å². The van der Waals surface area contributed by atoms with Gasteiger partial charge in [0.1, 0.15) is 5.82 Å². The van der Waals surface area contributed by atoms with E-state index in [2.05, 4.69) is 15.3 Å². The summed E-state index contributed by atoms with van der Waals surface area (Å²) in [5.41, 5.74) is 3.59. The number of carbonyl (C=O) groups is 1. The van der Waals surface area contributed by atoms with Crippen molar-refractivity contribution in [3.63, 3.8) is 0 Å². The largest absolute Gasteiger partial charge is 0.349 e. The van der Waals surface area contributed by atoms with Crippen molar-refractivity contribution in [2.75, 3.05) is 0 Å². The number of aromatic nitrogens is 4. The van der Waals surface area contributed by atoms with E-state index in [1.165, 1.54) is 22.9 Å².